The van der Waals surface area contributed by atoms with E-state index in [9.17, 15) is 14.7 Å². The first-order valence-electron chi connectivity index (χ1n) is 5.08. The van der Waals surface area contributed by atoms with E-state index < -0.39 is 36.5 Å². The average molecular weight is 232 g/mol. The topological polar surface area (TPSA) is 82.1 Å². The highest BCUT2D eigenvalue weighted by Crippen LogP contribution is 2.25. The van der Waals surface area contributed by atoms with Crippen LogP contribution in [0.15, 0.2) is 0 Å². The number of hydrogen-bond acceptors (Lipinski definition) is 6. The van der Waals surface area contributed by atoms with Crippen LogP contribution < -0.4 is 0 Å². The van der Waals surface area contributed by atoms with Crippen molar-refractivity contribution >= 4 is 11.9 Å². The van der Waals surface area contributed by atoms with Crippen LogP contribution in [0.4, 0.5) is 0 Å². The average Bonchev–Trinajstić information content (AvgIpc) is 2.45. The van der Waals surface area contributed by atoms with Crippen LogP contribution in [0.3, 0.4) is 0 Å². The lowest BCUT2D eigenvalue weighted by atomic mass is 10.1. The molecule has 92 valence electrons. The van der Waals surface area contributed by atoms with Crippen LogP contribution in [-0.2, 0) is 23.8 Å². The van der Waals surface area contributed by atoms with Crippen molar-refractivity contribution in [3.8, 4) is 0 Å². The number of rotatable bonds is 3. The van der Waals surface area contributed by atoms with E-state index in [0.29, 0.717) is 6.42 Å². The van der Waals surface area contributed by atoms with Gasteiger partial charge in [-0.1, -0.05) is 0 Å². The molecule has 1 heterocycles. The van der Waals surface area contributed by atoms with Gasteiger partial charge in [0.25, 0.3) is 0 Å². The molecule has 16 heavy (non-hydrogen) atoms. The minimum atomic E-state index is -1.16. The summed E-state index contributed by atoms with van der Waals surface area (Å²) in [7, 11) is 0. The molecule has 0 amide bonds. The fraction of sp³-hybridized carbons (Fsp3) is 0.800. The van der Waals surface area contributed by atoms with Gasteiger partial charge in [-0.25, -0.2) is 0 Å². The maximum Gasteiger partial charge on any atom is 0.303 e. The monoisotopic (exact) mass is 232 g/mol. The van der Waals surface area contributed by atoms with Crippen LogP contribution in [0, 0.1) is 0 Å². The Hall–Kier alpha value is -1.14. The molecule has 0 aromatic heterocycles. The molecule has 0 spiro atoms. The summed E-state index contributed by atoms with van der Waals surface area (Å²) in [5, 5.41) is 9.45. The van der Waals surface area contributed by atoms with Gasteiger partial charge in [0.15, 0.2) is 12.4 Å². The summed E-state index contributed by atoms with van der Waals surface area (Å²) >= 11 is 0. The maximum atomic E-state index is 10.7. The van der Waals surface area contributed by atoms with Crippen molar-refractivity contribution < 1.29 is 28.9 Å². The summed E-state index contributed by atoms with van der Waals surface area (Å²) in [6.45, 7) is 4.22. The highest BCUT2D eigenvalue weighted by atomic mass is 16.7. The van der Waals surface area contributed by atoms with Crippen LogP contribution >= 0.6 is 0 Å². The molecule has 0 aromatic carbocycles. The number of aliphatic hydroxyl groups is 1. The Morgan fingerprint density at radius 2 is 2.00 bits per heavy atom. The molecule has 0 aliphatic carbocycles. The van der Waals surface area contributed by atoms with Gasteiger partial charge in [-0.3, -0.25) is 9.59 Å². The Bertz CT molecular complexity index is 276. The Balaban J connectivity index is 2.48. The molecule has 0 radical (unpaired) electrons. The summed E-state index contributed by atoms with van der Waals surface area (Å²) in [5.41, 5.74) is 0. The van der Waals surface area contributed by atoms with E-state index in [4.69, 9.17) is 14.2 Å². The number of carbonyl (C=O) groups excluding carboxylic acids is 2. The molecule has 1 aliphatic rings. The third-order valence-electron chi connectivity index (χ3n) is 2.29. The van der Waals surface area contributed by atoms with Crippen molar-refractivity contribution in [2.75, 3.05) is 0 Å². The van der Waals surface area contributed by atoms with Gasteiger partial charge in [0.05, 0.1) is 0 Å². The van der Waals surface area contributed by atoms with Crippen molar-refractivity contribution in [2.24, 2.45) is 0 Å². The molecule has 6 heteroatoms. The largest absolute Gasteiger partial charge is 0.460 e. The predicted molar refractivity (Wildman–Crippen MR) is 52.3 cm³/mol. The van der Waals surface area contributed by atoms with Crippen molar-refractivity contribution in [3.63, 3.8) is 0 Å². The molecule has 1 rings (SSSR count). The summed E-state index contributed by atoms with van der Waals surface area (Å²) in [4.78, 5) is 21.5. The number of ether oxygens (including phenoxy) is 3. The highest BCUT2D eigenvalue weighted by Gasteiger charge is 2.39. The molecule has 1 fully saturated rings. The second-order valence-corrected chi connectivity index (χ2v) is 3.76. The van der Waals surface area contributed by atoms with Crippen LogP contribution in [0.5, 0.6) is 0 Å². The normalized spacial score (nSPS) is 30.9. The van der Waals surface area contributed by atoms with Crippen LogP contribution in [-0.4, -0.2) is 41.6 Å². The molecular weight excluding hydrogens is 216 g/mol. The molecule has 1 N–H and O–H groups in total. The van der Waals surface area contributed by atoms with Crippen LogP contribution in [0.2, 0.25) is 0 Å². The smallest absolute Gasteiger partial charge is 0.303 e. The number of aliphatic hydroxyl groups excluding tert-OH is 1. The van der Waals surface area contributed by atoms with Gasteiger partial charge in [0.1, 0.15) is 12.2 Å². The van der Waals surface area contributed by atoms with Crippen LogP contribution in [0.25, 0.3) is 0 Å². The number of carbonyl (C=O) groups is 2. The van der Waals surface area contributed by atoms with Gasteiger partial charge in [-0.2, -0.15) is 0 Å². The van der Waals surface area contributed by atoms with Gasteiger partial charge in [-0.15, -0.1) is 0 Å². The Kier molecular flexibility index (Phi) is 4.26. The SMILES string of the molecule is CC(=O)OC(C)C1CC(OC(C)=O)C(O)O1. The fourth-order valence-electron chi connectivity index (χ4n) is 1.63. The van der Waals surface area contributed by atoms with Crippen molar-refractivity contribution in [3.05, 3.63) is 0 Å². The second kappa shape index (κ2) is 5.27. The lowest BCUT2D eigenvalue weighted by molar-refractivity contribution is -0.176. The summed E-state index contributed by atoms with van der Waals surface area (Å²) < 4.78 is 14.9. The zero-order chi connectivity index (χ0) is 12.3. The van der Waals surface area contributed by atoms with E-state index >= 15 is 0 Å². The van der Waals surface area contributed by atoms with E-state index in [0.717, 1.165) is 0 Å². The molecular formula is C10H16O6. The van der Waals surface area contributed by atoms with Gasteiger partial charge in [-0.05, 0) is 6.92 Å². The lowest BCUT2D eigenvalue weighted by Gasteiger charge is -2.17. The van der Waals surface area contributed by atoms with E-state index in [-0.39, 0.29) is 0 Å². The van der Waals surface area contributed by atoms with E-state index in [1.54, 1.807) is 6.92 Å². The van der Waals surface area contributed by atoms with Crippen molar-refractivity contribution in [1.82, 2.24) is 0 Å². The third kappa shape index (κ3) is 3.46. The maximum absolute atomic E-state index is 10.7. The summed E-state index contributed by atoms with van der Waals surface area (Å²) in [5.74, 6) is -0.894. The summed E-state index contributed by atoms with van der Waals surface area (Å²) in [6.07, 6.45) is -2.47. The zero-order valence-corrected chi connectivity index (χ0v) is 9.50. The summed E-state index contributed by atoms with van der Waals surface area (Å²) in [6, 6.07) is 0. The van der Waals surface area contributed by atoms with Gasteiger partial charge >= 0.3 is 11.9 Å². The van der Waals surface area contributed by atoms with Gasteiger partial charge in [0, 0.05) is 20.3 Å². The Morgan fingerprint density at radius 3 is 2.50 bits per heavy atom. The predicted octanol–water partition coefficient (Wildman–Crippen LogP) is -0.0230. The number of hydrogen-bond donors (Lipinski definition) is 1. The molecule has 6 nitrogen and oxygen atoms in total. The lowest BCUT2D eigenvalue weighted by Crippen LogP contribution is -2.28. The third-order valence-corrected chi connectivity index (χ3v) is 2.29. The molecule has 1 saturated heterocycles. The standard InChI is InChI=1S/C10H16O6/c1-5(14-6(2)11)8-4-9(10(13)16-8)15-7(3)12/h5,8-10,13H,4H2,1-3H3. The molecule has 4 atom stereocenters. The molecule has 1 aliphatic heterocycles. The molecule has 0 saturated carbocycles. The molecule has 0 bridgehead atoms. The zero-order valence-electron chi connectivity index (χ0n) is 9.50. The quantitative estimate of drug-likeness (QED) is 0.688. The van der Waals surface area contributed by atoms with E-state index in [2.05, 4.69) is 0 Å². The first-order chi connectivity index (χ1) is 7.40. The van der Waals surface area contributed by atoms with E-state index in [1.807, 2.05) is 0 Å². The van der Waals surface area contributed by atoms with Crippen molar-refractivity contribution in [2.45, 2.75) is 51.8 Å². The first kappa shape index (κ1) is 12.9. The van der Waals surface area contributed by atoms with Crippen LogP contribution in [0.1, 0.15) is 27.2 Å². The van der Waals surface area contributed by atoms with E-state index in [1.165, 1.54) is 13.8 Å². The minimum absolute atomic E-state index is 0.315. The molecule has 4 unspecified atom stereocenters. The Morgan fingerprint density at radius 1 is 1.38 bits per heavy atom. The highest BCUT2D eigenvalue weighted by molar-refractivity contribution is 5.66. The number of esters is 2. The van der Waals surface area contributed by atoms with Gasteiger partial charge < -0.3 is 19.3 Å². The minimum Gasteiger partial charge on any atom is -0.460 e. The fourth-order valence-corrected chi connectivity index (χ4v) is 1.63. The first-order valence-corrected chi connectivity index (χ1v) is 5.08. The van der Waals surface area contributed by atoms with Crippen molar-refractivity contribution in [1.29, 1.82) is 0 Å². The Labute approximate surface area is 93.5 Å². The van der Waals surface area contributed by atoms with Gasteiger partial charge in [0.2, 0.25) is 0 Å². The molecule has 0 aromatic rings. The second-order valence-electron chi connectivity index (χ2n) is 3.76.